The molecule has 0 aliphatic heterocycles. The van der Waals surface area contributed by atoms with Gasteiger partial charge in [-0.25, -0.2) is 4.98 Å². The Kier molecular flexibility index (Phi) is 5.84. The van der Waals surface area contributed by atoms with Crippen molar-refractivity contribution in [3.63, 3.8) is 0 Å². The van der Waals surface area contributed by atoms with Gasteiger partial charge >= 0.3 is 0 Å². The molecule has 4 rings (SSSR count). The third kappa shape index (κ3) is 4.35. The molecule has 1 N–H and O–H groups in total. The fourth-order valence-corrected chi connectivity index (χ4v) is 4.06. The fraction of sp³-hybridized carbons (Fsp3) is 0.333. The van der Waals surface area contributed by atoms with E-state index in [9.17, 15) is 14.4 Å². The number of nitrogens with one attached hydrogen (secondary N) is 1. The van der Waals surface area contributed by atoms with Crippen LogP contribution < -0.4 is 15.5 Å². The number of amides is 1. The average molecular weight is 419 g/mol. The first-order chi connectivity index (χ1) is 15.0. The summed E-state index contributed by atoms with van der Waals surface area (Å²) in [5, 5.41) is 3.36. The monoisotopic (exact) mass is 419 g/mol. The van der Waals surface area contributed by atoms with Gasteiger partial charge in [0, 0.05) is 23.5 Å². The second kappa shape index (κ2) is 8.71. The van der Waals surface area contributed by atoms with Crippen LogP contribution in [0.15, 0.2) is 47.4 Å². The zero-order valence-electron chi connectivity index (χ0n) is 17.7. The van der Waals surface area contributed by atoms with Crippen LogP contribution in [0, 0.1) is 6.92 Å². The van der Waals surface area contributed by atoms with Gasteiger partial charge in [0.1, 0.15) is 17.9 Å². The quantitative estimate of drug-likeness (QED) is 0.621. The number of aromatic nitrogens is 2. The number of hydrogen-bond donors (Lipinski definition) is 1. The number of ketones is 1. The number of benzene rings is 1. The summed E-state index contributed by atoms with van der Waals surface area (Å²) in [6.07, 6.45) is 5.64. The maximum atomic E-state index is 13.2. The molecule has 31 heavy (non-hydrogen) atoms. The van der Waals surface area contributed by atoms with E-state index >= 15 is 0 Å². The molecule has 2 aromatic heterocycles. The van der Waals surface area contributed by atoms with Gasteiger partial charge in [-0.05, 0) is 44.0 Å². The molecule has 160 valence electrons. The number of aryl methyl sites for hydroxylation is 1. The van der Waals surface area contributed by atoms with Crippen molar-refractivity contribution in [1.29, 1.82) is 0 Å². The molecule has 1 aliphatic rings. The molecule has 0 bridgehead atoms. The van der Waals surface area contributed by atoms with E-state index < -0.39 is 11.2 Å². The van der Waals surface area contributed by atoms with Crippen molar-refractivity contribution >= 4 is 22.7 Å². The number of fused-ring (bicyclic) bond motifs is 1. The van der Waals surface area contributed by atoms with Crippen molar-refractivity contribution in [3.05, 3.63) is 69.6 Å². The maximum absolute atomic E-state index is 13.2. The van der Waals surface area contributed by atoms with E-state index in [2.05, 4.69) is 10.3 Å². The molecule has 0 atom stereocenters. The Labute approximate surface area is 180 Å². The highest BCUT2D eigenvalue weighted by Gasteiger charge is 2.21. The van der Waals surface area contributed by atoms with Crippen molar-refractivity contribution in [1.82, 2.24) is 14.9 Å². The van der Waals surface area contributed by atoms with Gasteiger partial charge in [0.2, 0.25) is 11.3 Å². The molecule has 7 heteroatoms. The summed E-state index contributed by atoms with van der Waals surface area (Å²) in [4.78, 5) is 43.4. The van der Waals surface area contributed by atoms with E-state index in [-0.39, 0.29) is 24.1 Å². The van der Waals surface area contributed by atoms with Crippen molar-refractivity contribution in [2.45, 2.75) is 45.2 Å². The van der Waals surface area contributed by atoms with Gasteiger partial charge < -0.3 is 14.6 Å². The Morgan fingerprint density at radius 2 is 1.97 bits per heavy atom. The molecule has 1 fully saturated rings. The predicted octanol–water partition coefficient (Wildman–Crippen LogP) is 3.00. The summed E-state index contributed by atoms with van der Waals surface area (Å²) in [5.74, 6) is -0.0449. The standard InChI is InChI=1S/C24H25N3O4/c1-15-10-11-19-23(30)20(22(29)16-6-5-9-18(12-16)31-2)13-27(24(19)25-15)14-21(28)26-17-7-3-4-8-17/h5-6,9-13,17H,3-4,7-8,14H2,1-2H3,(H,26,28). The summed E-state index contributed by atoms with van der Waals surface area (Å²) in [6.45, 7) is 1.81. The van der Waals surface area contributed by atoms with Crippen LogP contribution >= 0.6 is 0 Å². The smallest absolute Gasteiger partial charge is 0.240 e. The SMILES string of the molecule is COc1cccc(C(=O)c2cn(CC(=O)NC3CCCC3)c3nc(C)ccc3c2=O)c1. The van der Waals surface area contributed by atoms with E-state index in [1.807, 2.05) is 6.92 Å². The van der Waals surface area contributed by atoms with E-state index in [4.69, 9.17) is 4.74 Å². The number of hydrogen-bond acceptors (Lipinski definition) is 5. The lowest BCUT2D eigenvalue weighted by atomic mass is 10.0. The first-order valence-corrected chi connectivity index (χ1v) is 10.4. The Morgan fingerprint density at radius 3 is 2.71 bits per heavy atom. The topological polar surface area (TPSA) is 90.3 Å². The third-order valence-corrected chi connectivity index (χ3v) is 5.67. The first kappa shape index (κ1) is 20.8. The summed E-state index contributed by atoms with van der Waals surface area (Å²) in [6, 6.07) is 10.2. The first-order valence-electron chi connectivity index (χ1n) is 10.4. The van der Waals surface area contributed by atoms with Crippen LogP contribution in [-0.2, 0) is 11.3 Å². The van der Waals surface area contributed by atoms with Gasteiger partial charge in [-0.2, -0.15) is 0 Å². The minimum Gasteiger partial charge on any atom is -0.497 e. The molecule has 0 spiro atoms. The van der Waals surface area contributed by atoms with Gasteiger partial charge in [0.05, 0.1) is 18.1 Å². The lowest BCUT2D eigenvalue weighted by Gasteiger charge is -2.15. The number of nitrogens with zero attached hydrogens (tertiary/aromatic N) is 2. The van der Waals surface area contributed by atoms with Crippen LogP contribution in [0.1, 0.15) is 47.3 Å². The second-order valence-corrected chi connectivity index (χ2v) is 7.93. The number of pyridine rings is 2. The number of carbonyl (C=O) groups is 2. The Morgan fingerprint density at radius 1 is 1.19 bits per heavy atom. The summed E-state index contributed by atoms with van der Waals surface area (Å²) in [7, 11) is 1.52. The molecular formula is C24H25N3O4. The number of ether oxygens (including phenoxy) is 1. The molecule has 1 amide bonds. The van der Waals surface area contributed by atoms with E-state index in [0.29, 0.717) is 22.3 Å². The van der Waals surface area contributed by atoms with Crippen molar-refractivity contribution in [3.8, 4) is 5.75 Å². The van der Waals surface area contributed by atoms with Crippen molar-refractivity contribution < 1.29 is 14.3 Å². The number of rotatable bonds is 6. The molecule has 3 aromatic rings. The van der Waals surface area contributed by atoms with E-state index in [1.165, 1.54) is 13.3 Å². The van der Waals surface area contributed by atoms with Crippen LogP contribution in [0.2, 0.25) is 0 Å². The van der Waals surface area contributed by atoms with Crippen LogP contribution in [0.4, 0.5) is 0 Å². The van der Waals surface area contributed by atoms with Gasteiger partial charge in [0.15, 0.2) is 5.78 Å². The number of methoxy groups -OCH3 is 1. The third-order valence-electron chi connectivity index (χ3n) is 5.67. The second-order valence-electron chi connectivity index (χ2n) is 7.93. The highest BCUT2D eigenvalue weighted by molar-refractivity contribution is 6.10. The molecule has 0 radical (unpaired) electrons. The van der Waals surface area contributed by atoms with Crippen molar-refractivity contribution in [2.75, 3.05) is 7.11 Å². The molecular weight excluding hydrogens is 394 g/mol. The fourth-order valence-electron chi connectivity index (χ4n) is 4.06. The molecule has 7 nitrogen and oxygen atoms in total. The van der Waals surface area contributed by atoms with Crippen molar-refractivity contribution in [2.24, 2.45) is 0 Å². The Bertz CT molecular complexity index is 1210. The molecule has 1 saturated carbocycles. The Hall–Kier alpha value is -3.48. The lowest BCUT2D eigenvalue weighted by Crippen LogP contribution is -2.35. The largest absolute Gasteiger partial charge is 0.497 e. The zero-order chi connectivity index (χ0) is 22.0. The van der Waals surface area contributed by atoms with Crippen LogP contribution in [0.25, 0.3) is 11.0 Å². The van der Waals surface area contributed by atoms with Crippen LogP contribution in [0.3, 0.4) is 0 Å². The minimum absolute atomic E-state index is 0.0000671. The van der Waals surface area contributed by atoms with Crippen LogP contribution in [0.5, 0.6) is 5.75 Å². The highest BCUT2D eigenvalue weighted by Crippen LogP contribution is 2.19. The summed E-state index contributed by atoms with van der Waals surface area (Å²) >= 11 is 0. The lowest BCUT2D eigenvalue weighted by molar-refractivity contribution is -0.122. The van der Waals surface area contributed by atoms with Gasteiger partial charge in [-0.15, -0.1) is 0 Å². The maximum Gasteiger partial charge on any atom is 0.240 e. The molecule has 0 unspecified atom stereocenters. The summed E-state index contributed by atoms with van der Waals surface area (Å²) < 4.78 is 6.79. The van der Waals surface area contributed by atoms with Gasteiger partial charge in [-0.1, -0.05) is 25.0 Å². The molecule has 1 aromatic carbocycles. The molecule has 2 heterocycles. The van der Waals surface area contributed by atoms with E-state index in [0.717, 1.165) is 31.4 Å². The van der Waals surface area contributed by atoms with Crippen LogP contribution in [-0.4, -0.2) is 34.4 Å². The highest BCUT2D eigenvalue weighted by atomic mass is 16.5. The normalized spacial score (nSPS) is 14.0. The molecule has 1 aliphatic carbocycles. The predicted molar refractivity (Wildman–Crippen MR) is 118 cm³/mol. The zero-order valence-corrected chi connectivity index (χ0v) is 17.7. The minimum atomic E-state index is -0.420. The van der Waals surface area contributed by atoms with Gasteiger partial charge in [-0.3, -0.25) is 14.4 Å². The molecule has 0 saturated heterocycles. The number of carbonyl (C=O) groups excluding carboxylic acids is 2. The average Bonchev–Trinajstić information content (AvgIpc) is 3.28. The van der Waals surface area contributed by atoms with Gasteiger partial charge in [0.25, 0.3) is 0 Å². The Balaban J connectivity index is 1.76. The summed E-state index contributed by atoms with van der Waals surface area (Å²) in [5.41, 5.74) is 1.07. The van der Waals surface area contributed by atoms with E-state index in [1.54, 1.807) is 41.0 Å².